The van der Waals surface area contributed by atoms with Gasteiger partial charge in [-0.1, -0.05) is 13.8 Å². The fourth-order valence-electron chi connectivity index (χ4n) is 2.05. The molecule has 1 saturated heterocycles. The maximum absolute atomic E-state index is 11.8. The highest BCUT2D eigenvalue weighted by Gasteiger charge is 2.38. The monoisotopic (exact) mass is 200 g/mol. The number of hydrazine groups is 1. The van der Waals surface area contributed by atoms with E-state index in [2.05, 4.69) is 0 Å². The smallest absolute Gasteiger partial charge is 0.242 e. The van der Waals surface area contributed by atoms with Crippen LogP contribution in [0.4, 0.5) is 0 Å². The summed E-state index contributed by atoms with van der Waals surface area (Å²) in [5.41, 5.74) is -0.368. The molecule has 1 aliphatic heterocycles. The molecule has 0 radical (unpaired) electrons. The van der Waals surface area contributed by atoms with E-state index in [9.17, 15) is 4.79 Å². The third-order valence-corrected chi connectivity index (χ3v) is 3.11. The van der Waals surface area contributed by atoms with Crippen molar-refractivity contribution >= 4 is 5.91 Å². The fourth-order valence-corrected chi connectivity index (χ4v) is 2.05. The van der Waals surface area contributed by atoms with Gasteiger partial charge >= 0.3 is 0 Å². The predicted molar refractivity (Wildman–Crippen MR) is 54.3 cm³/mol. The molecule has 0 bridgehead atoms. The molecule has 1 amide bonds. The third-order valence-electron chi connectivity index (χ3n) is 3.11. The van der Waals surface area contributed by atoms with E-state index < -0.39 is 0 Å². The lowest BCUT2D eigenvalue weighted by Crippen LogP contribution is -2.47. The fraction of sp³-hybridized carbons (Fsp3) is 0.900. The molecule has 14 heavy (non-hydrogen) atoms. The average Bonchev–Trinajstić information content (AvgIpc) is 2.18. The molecule has 0 aromatic rings. The van der Waals surface area contributed by atoms with E-state index >= 15 is 0 Å². The summed E-state index contributed by atoms with van der Waals surface area (Å²) in [6.07, 6.45) is 1.90. The Bertz CT molecular complexity index is 208. The Labute approximate surface area is 85.4 Å². The number of rotatable bonds is 2. The lowest BCUT2D eigenvalue weighted by Gasteiger charge is -2.36. The van der Waals surface area contributed by atoms with Crippen LogP contribution < -0.4 is 5.84 Å². The molecule has 0 atom stereocenters. The molecule has 2 N–H and O–H groups in total. The Morgan fingerprint density at radius 3 is 2.36 bits per heavy atom. The molecule has 1 rings (SSSR count). The molecule has 0 aromatic heterocycles. The molecule has 1 fully saturated rings. The minimum Gasteiger partial charge on any atom is -0.381 e. The molecule has 0 saturated carbocycles. The topological polar surface area (TPSA) is 55.6 Å². The number of carbonyl (C=O) groups is 1. The Morgan fingerprint density at radius 2 is 1.93 bits per heavy atom. The molecular weight excluding hydrogens is 180 g/mol. The summed E-state index contributed by atoms with van der Waals surface area (Å²) in [5, 5.41) is 1.19. The second-order valence-electron chi connectivity index (χ2n) is 4.52. The van der Waals surface area contributed by atoms with Crippen LogP contribution in [-0.2, 0) is 9.53 Å². The molecule has 0 aromatic carbocycles. The highest BCUT2D eigenvalue weighted by molar-refractivity contribution is 5.81. The zero-order chi connectivity index (χ0) is 10.8. The molecule has 0 aliphatic carbocycles. The molecule has 0 spiro atoms. The van der Waals surface area contributed by atoms with E-state index in [1.54, 1.807) is 7.05 Å². The summed E-state index contributed by atoms with van der Waals surface area (Å²) in [7, 11) is 1.60. The zero-order valence-corrected chi connectivity index (χ0v) is 9.25. The van der Waals surface area contributed by atoms with Crippen LogP contribution in [0.2, 0.25) is 0 Å². The van der Waals surface area contributed by atoms with Crippen molar-refractivity contribution in [1.82, 2.24) is 5.01 Å². The first-order valence-corrected chi connectivity index (χ1v) is 5.07. The van der Waals surface area contributed by atoms with Gasteiger partial charge in [-0.05, 0) is 18.8 Å². The van der Waals surface area contributed by atoms with Crippen molar-refractivity contribution in [3.8, 4) is 0 Å². The molecular formula is C10H20N2O2. The minimum atomic E-state index is -0.368. The number of nitrogens with zero attached hydrogens (tertiary/aromatic N) is 1. The van der Waals surface area contributed by atoms with Crippen molar-refractivity contribution < 1.29 is 9.53 Å². The maximum Gasteiger partial charge on any atom is 0.242 e. The van der Waals surface area contributed by atoms with Gasteiger partial charge in [-0.3, -0.25) is 9.80 Å². The first kappa shape index (κ1) is 11.5. The quantitative estimate of drug-likeness (QED) is 0.407. The van der Waals surface area contributed by atoms with Gasteiger partial charge in [0.05, 0.1) is 0 Å². The number of carbonyl (C=O) groups excluding carboxylic acids is 1. The first-order chi connectivity index (χ1) is 6.46. The summed E-state index contributed by atoms with van der Waals surface area (Å²) < 4.78 is 5.28. The van der Waals surface area contributed by atoms with Gasteiger partial charge in [0.25, 0.3) is 0 Å². The van der Waals surface area contributed by atoms with Gasteiger partial charge in [0.1, 0.15) is 0 Å². The highest BCUT2D eigenvalue weighted by Crippen LogP contribution is 2.35. The van der Waals surface area contributed by atoms with E-state index in [0.717, 1.165) is 26.1 Å². The summed E-state index contributed by atoms with van der Waals surface area (Å²) in [4.78, 5) is 11.8. The van der Waals surface area contributed by atoms with Crippen LogP contribution in [0, 0.1) is 11.3 Å². The standard InChI is InChI=1S/C10H20N2O2/c1-10(2,9(13)12(3)11)8-4-6-14-7-5-8/h8H,4-7,11H2,1-3H3. The van der Waals surface area contributed by atoms with Crippen molar-refractivity contribution in [1.29, 1.82) is 0 Å². The Hall–Kier alpha value is -0.610. The van der Waals surface area contributed by atoms with Crippen molar-refractivity contribution in [2.45, 2.75) is 26.7 Å². The molecule has 1 aliphatic rings. The van der Waals surface area contributed by atoms with Crippen molar-refractivity contribution in [3.63, 3.8) is 0 Å². The van der Waals surface area contributed by atoms with Crippen LogP contribution in [0.5, 0.6) is 0 Å². The van der Waals surface area contributed by atoms with E-state index in [1.165, 1.54) is 5.01 Å². The normalized spacial score (nSPS) is 19.4. The Kier molecular flexibility index (Phi) is 3.50. The number of hydrogen-bond donors (Lipinski definition) is 1. The lowest BCUT2D eigenvalue weighted by atomic mass is 9.74. The maximum atomic E-state index is 11.8. The molecule has 4 heteroatoms. The molecule has 0 unspecified atom stereocenters. The number of hydrogen-bond acceptors (Lipinski definition) is 3. The van der Waals surface area contributed by atoms with Crippen LogP contribution in [0.1, 0.15) is 26.7 Å². The summed E-state index contributed by atoms with van der Waals surface area (Å²) in [6.45, 7) is 5.45. The first-order valence-electron chi connectivity index (χ1n) is 5.07. The van der Waals surface area contributed by atoms with Gasteiger partial charge in [0, 0.05) is 25.7 Å². The largest absolute Gasteiger partial charge is 0.381 e. The number of nitrogens with two attached hydrogens (primary N) is 1. The zero-order valence-electron chi connectivity index (χ0n) is 9.25. The summed E-state index contributed by atoms with van der Waals surface area (Å²) >= 11 is 0. The van der Waals surface area contributed by atoms with Gasteiger partial charge in [-0.15, -0.1) is 0 Å². The third kappa shape index (κ3) is 2.25. The van der Waals surface area contributed by atoms with Crippen LogP contribution in [0.25, 0.3) is 0 Å². The van der Waals surface area contributed by atoms with Crippen LogP contribution in [0.15, 0.2) is 0 Å². The van der Waals surface area contributed by atoms with E-state index in [0.29, 0.717) is 5.92 Å². The lowest BCUT2D eigenvalue weighted by molar-refractivity contribution is -0.144. The average molecular weight is 200 g/mol. The van der Waals surface area contributed by atoms with Crippen LogP contribution in [0.3, 0.4) is 0 Å². The van der Waals surface area contributed by atoms with E-state index in [4.69, 9.17) is 10.6 Å². The van der Waals surface area contributed by atoms with Crippen LogP contribution in [-0.4, -0.2) is 31.2 Å². The van der Waals surface area contributed by atoms with Crippen molar-refractivity contribution in [2.75, 3.05) is 20.3 Å². The molecule has 82 valence electrons. The van der Waals surface area contributed by atoms with E-state index in [1.807, 2.05) is 13.8 Å². The van der Waals surface area contributed by atoms with Gasteiger partial charge in [0.2, 0.25) is 5.91 Å². The van der Waals surface area contributed by atoms with Crippen LogP contribution >= 0.6 is 0 Å². The second-order valence-corrected chi connectivity index (χ2v) is 4.52. The van der Waals surface area contributed by atoms with Gasteiger partial charge in [-0.2, -0.15) is 0 Å². The predicted octanol–water partition coefficient (Wildman–Crippen LogP) is 0.771. The van der Waals surface area contributed by atoms with Gasteiger partial charge < -0.3 is 4.74 Å². The summed E-state index contributed by atoms with van der Waals surface area (Å²) in [6, 6.07) is 0. The van der Waals surface area contributed by atoms with Crippen molar-refractivity contribution in [3.05, 3.63) is 0 Å². The summed E-state index contributed by atoms with van der Waals surface area (Å²) in [5.74, 6) is 5.87. The van der Waals surface area contributed by atoms with Gasteiger partial charge in [-0.25, -0.2) is 5.84 Å². The van der Waals surface area contributed by atoms with Crippen molar-refractivity contribution in [2.24, 2.45) is 17.2 Å². The minimum absolute atomic E-state index is 0.00407. The van der Waals surface area contributed by atoms with E-state index in [-0.39, 0.29) is 11.3 Å². The Balaban J connectivity index is 2.66. The second kappa shape index (κ2) is 4.28. The number of amides is 1. The Morgan fingerprint density at radius 1 is 1.43 bits per heavy atom. The SMILES string of the molecule is CN(N)C(=O)C(C)(C)C1CCOCC1. The number of ether oxygens (including phenoxy) is 1. The molecule has 1 heterocycles. The highest BCUT2D eigenvalue weighted by atomic mass is 16.5. The van der Waals surface area contributed by atoms with Gasteiger partial charge in [0.15, 0.2) is 0 Å². The molecule has 4 nitrogen and oxygen atoms in total.